The minimum atomic E-state index is -4.41. The summed E-state index contributed by atoms with van der Waals surface area (Å²) in [6.07, 6.45) is -5.55. The van der Waals surface area contributed by atoms with Crippen molar-refractivity contribution in [2.75, 3.05) is 18.5 Å². The lowest BCUT2D eigenvalue weighted by atomic mass is 10.3. The average molecular weight is 352 g/mol. The van der Waals surface area contributed by atoms with Crippen LogP contribution in [-0.2, 0) is 4.79 Å². The highest BCUT2D eigenvalue weighted by atomic mass is 19.4. The molecule has 3 N–H and O–H groups in total. The number of carboxylic acids is 1. The molecule has 0 saturated heterocycles. The predicted octanol–water partition coefficient (Wildman–Crippen LogP) is 3.14. The molecule has 6 nitrogen and oxygen atoms in total. The number of carbonyl (C=O) groups is 2. The Morgan fingerprint density at radius 1 is 1.25 bits per heavy atom. The molecular formula is C14H16F4N2O4. The number of hydrogen-bond donors (Lipinski definition) is 3. The highest BCUT2D eigenvalue weighted by Crippen LogP contribution is 2.27. The van der Waals surface area contributed by atoms with Crippen LogP contribution in [0.1, 0.15) is 19.3 Å². The molecule has 1 aromatic rings. The number of carbonyl (C=O) groups excluding carboxylic acids is 1. The molecule has 1 aromatic carbocycles. The molecule has 0 aliphatic carbocycles. The zero-order valence-corrected chi connectivity index (χ0v) is 12.5. The minimum absolute atomic E-state index is 0.00527. The zero-order chi connectivity index (χ0) is 18.2. The second-order valence-electron chi connectivity index (χ2n) is 4.73. The van der Waals surface area contributed by atoms with E-state index >= 15 is 0 Å². The number of halogens is 4. The van der Waals surface area contributed by atoms with E-state index in [2.05, 4.69) is 10.6 Å². The number of alkyl halides is 3. The van der Waals surface area contributed by atoms with Crippen molar-refractivity contribution < 1.29 is 37.0 Å². The number of benzene rings is 1. The SMILES string of the molecule is O=C(O)CCCNC(=O)Nc1ccc(F)cc1OCCC(F)(F)F. The van der Waals surface area contributed by atoms with Crippen molar-refractivity contribution in [2.24, 2.45) is 0 Å². The first kappa shape index (κ1) is 19.5. The highest BCUT2D eigenvalue weighted by molar-refractivity contribution is 5.90. The van der Waals surface area contributed by atoms with Crippen molar-refractivity contribution in [3.63, 3.8) is 0 Å². The van der Waals surface area contributed by atoms with Crippen molar-refractivity contribution in [1.82, 2.24) is 5.32 Å². The topological polar surface area (TPSA) is 87.7 Å². The van der Waals surface area contributed by atoms with E-state index in [1.165, 1.54) is 0 Å². The van der Waals surface area contributed by atoms with E-state index in [4.69, 9.17) is 9.84 Å². The number of ether oxygens (including phenoxy) is 1. The fourth-order valence-corrected chi connectivity index (χ4v) is 1.60. The Bertz CT molecular complexity index is 578. The highest BCUT2D eigenvalue weighted by Gasteiger charge is 2.27. The Morgan fingerprint density at radius 2 is 1.96 bits per heavy atom. The van der Waals surface area contributed by atoms with Gasteiger partial charge in [-0.25, -0.2) is 9.18 Å². The first-order valence-corrected chi connectivity index (χ1v) is 6.93. The maximum absolute atomic E-state index is 13.2. The molecule has 0 saturated carbocycles. The number of urea groups is 1. The maximum Gasteiger partial charge on any atom is 0.392 e. The van der Waals surface area contributed by atoms with Gasteiger partial charge in [-0.2, -0.15) is 13.2 Å². The molecule has 24 heavy (non-hydrogen) atoms. The summed E-state index contributed by atoms with van der Waals surface area (Å²) in [6.45, 7) is -0.633. The van der Waals surface area contributed by atoms with Gasteiger partial charge in [-0.05, 0) is 18.6 Å². The van der Waals surface area contributed by atoms with Crippen molar-refractivity contribution in [2.45, 2.75) is 25.4 Å². The van der Waals surface area contributed by atoms with Crippen LogP contribution in [0.3, 0.4) is 0 Å². The Morgan fingerprint density at radius 3 is 2.58 bits per heavy atom. The average Bonchev–Trinajstić information content (AvgIpc) is 2.45. The number of carboxylic acid groups (broad SMARTS) is 1. The van der Waals surface area contributed by atoms with Gasteiger partial charge in [-0.15, -0.1) is 0 Å². The fourth-order valence-electron chi connectivity index (χ4n) is 1.60. The minimum Gasteiger partial charge on any atom is -0.491 e. The number of nitrogens with one attached hydrogen (secondary N) is 2. The summed E-state index contributed by atoms with van der Waals surface area (Å²) >= 11 is 0. The van der Waals surface area contributed by atoms with Crippen molar-refractivity contribution >= 4 is 17.7 Å². The van der Waals surface area contributed by atoms with E-state index in [9.17, 15) is 27.2 Å². The van der Waals surface area contributed by atoms with Gasteiger partial charge in [0.05, 0.1) is 18.7 Å². The Kier molecular flexibility index (Phi) is 7.28. The molecule has 0 atom stereocenters. The molecular weight excluding hydrogens is 336 g/mol. The van der Waals surface area contributed by atoms with Crippen LogP contribution in [0.2, 0.25) is 0 Å². The van der Waals surface area contributed by atoms with Crippen LogP contribution < -0.4 is 15.4 Å². The van der Waals surface area contributed by atoms with Crippen molar-refractivity contribution in [3.05, 3.63) is 24.0 Å². The molecule has 1 rings (SSSR count). The number of anilines is 1. The summed E-state index contributed by atoms with van der Waals surface area (Å²) in [4.78, 5) is 22.0. The maximum atomic E-state index is 13.2. The number of aliphatic carboxylic acids is 1. The molecule has 0 bridgehead atoms. The molecule has 0 heterocycles. The number of rotatable bonds is 8. The third-order valence-electron chi connectivity index (χ3n) is 2.69. The van der Waals surface area contributed by atoms with Gasteiger partial charge in [0.1, 0.15) is 11.6 Å². The monoisotopic (exact) mass is 352 g/mol. The third kappa shape index (κ3) is 8.20. The summed E-state index contributed by atoms with van der Waals surface area (Å²) in [5.41, 5.74) is -0.00527. The molecule has 0 unspecified atom stereocenters. The molecule has 10 heteroatoms. The first-order valence-electron chi connectivity index (χ1n) is 6.93. The molecule has 134 valence electrons. The van der Waals surface area contributed by atoms with Crippen LogP contribution >= 0.6 is 0 Å². The lowest BCUT2D eigenvalue weighted by molar-refractivity contribution is -0.139. The summed E-state index contributed by atoms with van der Waals surface area (Å²) in [5, 5.41) is 13.1. The molecule has 0 fully saturated rings. The standard InChI is InChI=1S/C14H16F4N2O4/c15-9-3-4-10(11(8-9)24-7-5-14(16,17)18)20-13(23)19-6-1-2-12(21)22/h3-4,8H,1-2,5-7H2,(H,21,22)(H2,19,20,23). The molecule has 0 radical (unpaired) electrons. The summed E-state index contributed by atoms with van der Waals surface area (Å²) in [7, 11) is 0. The second kappa shape index (κ2) is 8.94. The van der Waals surface area contributed by atoms with Gasteiger partial charge >= 0.3 is 18.2 Å². The fraction of sp³-hybridized carbons (Fsp3) is 0.429. The number of amides is 2. The Labute approximate surface area is 134 Å². The first-order chi connectivity index (χ1) is 11.2. The van der Waals surface area contributed by atoms with E-state index in [1.807, 2.05) is 0 Å². The van der Waals surface area contributed by atoms with Crippen LogP contribution in [0.25, 0.3) is 0 Å². The molecule has 2 amide bonds. The van der Waals surface area contributed by atoms with Gasteiger partial charge in [-0.1, -0.05) is 0 Å². The normalized spacial score (nSPS) is 11.0. The van der Waals surface area contributed by atoms with E-state index < -0.39 is 37.0 Å². The Hall–Kier alpha value is -2.52. The lowest BCUT2D eigenvalue weighted by Crippen LogP contribution is -2.30. The quantitative estimate of drug-likeness (QED) is 0.495. The van der Waals surface area contributed by atoms with Crippen molar-refractivity contribution in [3.8, 4) is 5.75 Å². The smallest absolute Gasteiger partial charge is 0.392 e. The molecule has 0 aliphatic heterocycles. The predicted molar refractivity (Wildman–Crippen MR) is 76.5 cm³/mol. The molecule has 0 aliphatic rings. The summed E-state index contributed by atoms with van der Waals surface area (Å²) in [6, 6.07) is 2.30. The van der Waals surface area contributed by atoms with E-state index in [0.717, 1.165) is 18.2 Å². The Balaban J connectivity index is 2.57. The van der Waals surface area contributed by atoms with E-state index in [0.29, 0.717) is 0 Å². The summed E-state index contributed by atoms with van der Waals surface area (Å²) < 4.78 is 54.4. The second-order valence-corrected chi connectivity index (χ2v) is 4.73. The third-order valence-corrected chi connectivity index (χ3v) is 2.69. The van der Waals surface area contributed by atoms with Gasteiger partial charge in [-0.3, -0.25) is 4.79 Å². The van der Waals surface area contributed by atoms with Crippen LogP contribution in [0.15, 0.2) is 18.2 Å². The van der Waals surface area contributed by atoms with Crippen LogP contribution in [0.4, 0.5) is 28.0 Å². The van der Waals surface area contributed by atoms with E-state index in [-0.39, 0.29) is 30.8 Å². The van der Waals surface area contributed by atoms with Gasteiger partial charge in [0.25, 0.3) is 0 Å². The van der Waals surface area contributed by atoms with Crippen LogP contribution in [0.5, 0.6) is 5.75 Å². The number of hydrogen-bond acceptors (Lipinski definition) is 3. The zero-order valence-electron chi connectivity index (χ0n) is 12.5. The van der Waals surface area contributed by atoms with Gasteiger partial charge in [0.2, 0.25) is 0 Å². The largest absolute Gasteiger partial charge is 0.491 e. The molecule has 0 aromatic heterocycles. The summed E-state index contributed by atoms with van der Waals surface area (Å²) in [5.74, 6) is -1.97. The molecule has 0 spiro atoms. The van der Waals surface area contributed by atoms with Gasteiger partial charge in [0, 0.05) is 19.0 Å². The van der Waals surface area contributed by atoms with Crippen molar-refractivity contribution in [1.29, 1.82) is 0 Å². The van der Waals surface area contributed by atoms with Gasteiger partial charge < -0.3 is 20.5 Å². The lowest BCUT2D eigenvalue weighted by Gasteiger charge is -2.14. The van der Waals surface area contributed by atoms with Crippen LogP contribution in [-0.4, -0.2) is 36.4 Å². The van der Waals surface area contributed by atoms with Gasteiger partial charge in [0.15, 0.2) is 0 Å². The van der Waals surface area contributed by atoms with Crippen LogP contribution in [0, 0.1) is 5.82 Å². The van der Waals surface area contributed by atoms with E-state index in [1.54, 1.807) is 0 Å².